The number of hydrogen-bond donors (Lipinski definition) is 0. The third-order valence-corrected chi connectivity index (χ3v) is 2.08. The van der Waals surface area contributed by atoms with Crippen molar-refractivity contribution < 1.29 is 20.1 Å². The van der Waals surface area contributed by atoms with E-state index in [1.807, 2.05) is 6.92 Å². The fraction of sp³-hybridized carbons (Fsp3) is 0.0833. The third kappa shape index (κ3) is 3.83. The van der Waals surface area contributed by atoms with Crippen molar-refractivity contribution in [1.82, 2.24) is 4.98 Å². The molecule has 0 atom stereocenters. The van der Waals surface area contributed by atoms with Crippen LogP contribution in [0.15, 0.2) is 36.5 Å². The van der Waals surface area contributed by atoms with Crippen molar-refractivity contribution in [2.24, 2.45) is 0 Å². The molecule has 92 valence electrons. The number of benzene rings is 1. The Bertz CT molecular complexity index is 522. The SMILES string of the molecule is [B+2]c1ccc(Oc2ccnc(C)c2)cc1F.[OH-].[OH-]. The molecule has 0 aliphatic heterocycles. The number of rotatable bonds is 2. The van der Waals surface area contributed by atoms with Gasteiger partial charge in [-0.15, -0.1) is 0 Å². The van der Waals surface area contributed by atoms with E-state index in [9.17, 15) is 4.39 Å². The van der Waals surface area contributed by atoms with Gasteiger partial charge in [-0.25, -0.2) is 0 Å². The summed E-state index contributed by atoms with van der Waals surface area (Å²) in [7, 11) is 5.37. The van der Waals surface area contributed by atoms with E-state index in [1.165, 1.54) is 12.1 Å². The third-order valence-electron chi connectivity index (χ3n) is 2.08. The molecule has 18 heavy (non-hydrogen) atoms. The molecule has 6 heteroatoms. The van der Waals surface area contributed by atoms with Gasteiger partial charge in [0.1, 0.15) is 0 Å². The quantitative estimate of drug-likeness (QED) is 0.757. The maximum Gasteiger partial charge on any atom is -0.870 e. The Labute approximate surface area is 105 Å². The molecule has 0 saturated heterocycles. The molecule has 0 bridgehead atoms. The van der Waals surface area contributed by atoms with Gasteiger partial charge in [0.2, 0.25) is 0 Å². The van der Waals surface area contributed by atoms with Gasteiger partial charge in [0, 0.05) is 0 Å². The topological polar surface area (TPSA) is 82.1 Å². The van der Waals surface area contributed by atoms with Crippen LogP contribution in [0, 0.1) is 12.7 Å². The van der Waals surface area contributed by atoms with Gasteiger partial charge in [0.05, 0.1) is 0 Å². The maximum absolute atomic E-state index is 13.1. The van der Waals surface area contributed by atoms with Crippen LogP contribution < -0.4 is 10.2 Å². The largest absolute Gasteiger partial charge is 0.870 e. The summed E-state index contributed by atoms with van der Waals surface area (Å²) < 4.78 is 18.6. The summed E-state index contributed by atoms with van der Waals surface area (Å²) in [6, 6.07) is 7.83. The molecular formula is C12H11BFNO3. The molecule has 2 aromatic rings. The fourth-order valence-electron chi connectivity index (χ4n) is 1.29. The van der Waals surface area contributed by atoms with Crippen molar-refractivity contribution in [3.05, 3.63) is 48.0 Å². The van der Waals surface area contributed by atoms with E-state index in [2.05, 4.69) is 4.98 Å². The van der Waals surface area contributed by atoms with Crippen molar-refractivity contribution in [3.63, 3.8) is 0 Å². The van der Waals surface area contributed by atoms with Crippen LogP contribution in [0.2, 0.25) is 0 Å². The van der Waals surface area contributed by atoms with E-state index in [1.54, 1.807) is 24.4 Å². The second-order valence-electron chi connectivity index (χ2n) is 3.42. The Hall–Kier alpha value is -1.92. The van der Waals surface area contributed by atoms with Crippen molar-refractivity contribution in [2.75, 3.05) is 0 Å². The maximum atomic E-state index is 13.1. The van der Waals surface area contributed by atoms with Crippen molar-refractivity contribution in [3.8, 4) is 11.5 Å². The number of hydrogen-bond acceptors (Lipinski definition) is 4. The minimum Gasteiger partial charge on any atom is -0.870 e. The van der Waals surface area contributed by atoms with Crippen LogP contribution in [0.4, 0.5) is 4.39 Å². The summed E-state index contributed by atoms with van der Waals surface area (Å²) in [5.74, 6) is 0.553. The van der Waals surface area contributed by atoms with Gasteiger partial charge in [-0.1, -0.05) is 0 Å². The minimum atomic E-state index is -0.483. The first-order valence-corrected chi connectivity index (χ1v) is 4.81. The van der Waals surface area contributed by atoms with E-state index in [-0.39, 0.29) is 16.4 Å². The summed E-state index contributed by atoms with van der Waals surface area (Å²) in [6.07, 6.45) is 1.64. The number of aromatic nitrogens is 1. The van der Waals surface area contributed by atoms with Crippen molar-refractivity contribution in [1.29, 1.82) is 0 Å². The second-order valence-corrected chi connectivity index (χ2v) is 3.42. The summed E-state index contributed by atoms with van der Waals surface area (Å²) in [4.78, 5) is 4.04. The molecule has 0 saturated carbocycles. The molecule has 2 N–H and O–H groups in total. The first-order chi connectivity index (χ1) is 7.65. The summed E-state index contributed by atoms with van der Waals surface area (Å²) in [6.45, 7) is 1.86. The standard InChI is InChI=1S/C12H9BFNO.2H2O/c1-8-6-10(4-5-15-8)16-9-2-3-11(13)12(14)7-9;;/h2-7H,1H3;2*1H2/q+2;;/p-2. The fourth-order valence-corrected chi connectivity index (χ4v) is 1.29. The Balaban J connectivity index is 0.00000144. The number of nitrogens with zero attached hydrogens (tertiary/aromatic N) is 1. The van der Waals surface area contributed by atoms with Crippen LogP contribution in [0.1, 0.15) is 5.69 Å². The average Bonchev–Trinajstić information content (AvgIpc) is 2.24. The van der Waals surface area contributed by atoms with Gasteiger partial charge in [-0.3, -0.25) is 0 Å². The van der Waals surface area contributed by atoms with Crippen LogP contribution in [0.5, 0.6) is 11.5 Å². The average molecular weight is 247 g/mol. The summed E-state index contributed by atoms with van der Waals surface area (Å²) in [5.41, 5.74) is 0.951. The number of aryl methyl sites for hydroxylation is 1. The number of pyridine rings is 1. The van der Waals surface area contributed by atoms with Crippen LogP contribution in [0.25, 0.3) is 0 Å². The summed E-state index contributed by atoms with van der Waals surface area (Å²) >= 11 is 0. The van der Waals surface area contributed by atoms with E-state index in [0.717, 1.165) is 5.69 Å². The Morgan fingerprint density at radius 1 is 1.11 bits per heavy atom. The first-order valence-electron chi connectivity index (χ1n) is 4.81. The van der Waals surface area contributed by atoms with Gasteiger partial charge < -0.3 is 11.0 Å². The predicted molar refractivity (Wildman–Crippen MR) is 64.7 cm³/mol. The van der Waals surface area contributed by atoms with Crippen LogP contribution in [0.3, 0.4) is 0 Å². The predicted octanol–water partition coefficient (Wildman–Crippen LogP) is 1.76. The van der Waals surface area contributed by atoms with E-state index < -0.39 is 5.82 Å². The number of halogens is 1. The molecule has 0 amide bonds. The van der Waals surface area contributed by atoms with E-state index in [4.69, 9.17) is 12.6 Å². The van der Waals surface area contributed by atoms with Gasteiger partial charge in [0.25, 0.3) is 0 Å². The molecule has 1 aromatic carbocycles. The molecule has 0 aliphatic rings. The molecule has 1 aromatic heterocycles. The molecule has 0 aliphatic carbocycles. The molecule has 0 radical (unpaired) electrons. The smallest absolute Gasteiger partial charge is 0.870 e. The van der Waals surface area contributed by atoms with Gasteiger partial charge >= 0.3 is 93.9 Å². The van der Waals surface area contributed by atoms with Gasteiger partial charge in [-0.2, -0.15) is 0 Å². The monoisotopic (exact) mass is 247 g/mol. The van der Waals surface area contributed by atoms with E-state index in [0.29, 0.717) is 11.5 Å². The van der Waals surface area contributed by atoms with Crippen molar-refractivity contribution in [2.45, 2.75) is 6.92 Å². The Kier molecular flexibility index (Phi) is 6.02. The molecular weight excluding hydrogens is 236 g/mol. The van der Waals surface area contributed by atoms with Gasteiger partial charge in [0.15, 0.2) is 0 Å². The van der Waals surface area contributed by atoms with Crippen LogP contribution in [-0.4, -0.2) is 23.8 Å². The Morgan fingerprint density at radius 2 is 1.78 bits per heavy atom. The molecule has 4 nitrogen and oxygen atoms in total. The second kappa shape index (κ2) is 6.73. The zero-order valence-electron chi connectivity index (χ0n) is 9.67. The zero-order chi connectivity index (χ0) is 11.5. The molecule has 2 rings (SSSR count). The normalized spacial score (nSPS) is 9.11. The zero-order valence-corrected chi connectivity index (χ0v) is 9.67. The van der Waals surface area contributed by atoms with Crippen molar-refractivity contribution >= 4 is 13.3 Å². The molecule has 0 spiro atoms. The number of ether oxygens (including phenoxy) is 1. The minimum absolute atomic E-state index is 0. The summed E-state index contributed by atoms with van der Waals surface area (Å²) in [5, 5.41) is 0. The van der Waals surface area contributed by atoms with Crippen LogP contribution >= 0.6 is 0 Å². The molecule has 0 unspecified atom stereocenters. The molecule has 0 fully saturated rings. The molecule has 1 heterocycles. The first kappa shape index (κ1) is 16.1. The van der Waals surface area contributed by atoms with Crippen LogP contribution in [-0.2, 0) is 0 Å². The van der Waals surface area contributed by atoms with Gasteiger partial charge in [-0.05, 0) is 0 Å². The Morgan fingerprint density at radius 3 is 2.39 bits per heavy atom. The van der Waals surface area contributed by atoms with E-state index >= 15 is 0 Å².